The summed E-state index contributed by atoms with van der Waals surface area (Å²) in [5.74, 6) is 0. The first-order valence-electron chi connectivity index (χ1n) is 7.13. The summed E-state index contributed by atoms with van der Waals surface area (Å²) >= 11 is 0. The largest absolute Gasteiger partial charge is 0.444 e. The second-order valence-electron chi connectivity index (χ2n) is 5.86. The van der Waals surface area contributed by atoms with Crippen LogP contribution in [0.2, 0.25) is 0 Å². The zero-order valence-corrected chi connectivity index (χ0v) is 13.0. The molecule has 0 aromatic rings. The van der Waals surface area contributed by atoms with Crippen molar-refractivity contribution in [1.29, 1.82) is 0 Å². The Morgan fingerprint density at radius 3 is 2.25 bits per heavy atom. The first-order chi connectivity index (χ1) is 9.28. The zero-order valence-electron chi connectivity index (χ0n) is 13.0. The average Bonchev–Trinajstić information content (AvgIpc) is 2.27. The van der Waals surface area contributed by atoms with Gasteiger partial charge in [0, 0.05) is 45.3 Å². The molecule has 0 saturated heterocycles. The Morgan fingerprint density at radius 1 is 1.25 bits per heavy atom. The van der Waals surface area contributed by atoms with Crippen molar-refractivity contribution in [2.45, 2.75) is 38.8 Å². The van der Waals surface area contributed by atoms with Gasteiger partial charge < -0.3 is 27.3 Å². The van der Waals surface area contributed by atoms with Crippen molar-refractivity contribution in [1.82, 2.24) is 10.2 Å². The number of carbonyl (C=O) groups is 1. The lowest BCUT2D eigenvalue weighted by molar-refractivity contribution is 0.0526. The summed E-state index contributed by atoms with van der Waals surface area (Å²) in [5.41, 5.74) is 16.6. The SMILES string of the molecule is CC(C)(C)OC(=O)NCC[C@H](N)CN(CCN)CCN. The molecule has 0 bridgehead atoms. The van der Waals surface area contributed by atoms with Gasteiger partial charge in [-0.3, -0.25) is 4.90 Å². The van der Waals surface area contributed by atoms with E-state index in [2.05, 4.69) is 10.2 Å². The minimum atomic E-state index is -0.481. The smallest absolute Gasteiger partial charge is 0.407 e. The lowest BCUT2D eigenvalue weighted by atomic mass is 10.2. The number of nitrogens with two attached hydrogens (primary N) is 3. The van der Waals surface area contributed by atoms with Crippen molar-refractivity contribution in [3.63, 3.8) is 0 Å². The summed E-state index contributed by atoms with van der Waals surface area (Å²) in [4.78, 5) is 13.6. The summed E-state index contributed by atoms with van der Waals surface area (Å²) < 4.78 is 5.14. The van der Waals surface area contributed by atoms with E-state index in [0.717, 1.165) is 19.6 Å². The van der Waals surface area contributed by atoms with Gasteiger partial charge in [0.25, 0.3) is 0 Å². The maximum Gasteiger partial charge on any atom is 0.407 e. The van der Waals surface area contributed by atoms with Crippen LogP contribution >= 0.6 is 0 Å². The van der Waals surface area contributed by atoms with E-state index >= 15 is 0 Å². The molecule has 0 fully saturated rings. The van der Waals surface area contributed by atoms with E-state index in [0.29, 0.717) is 26.1 Å². The van der Waals surface area contributed by atoms with Crippen LogP contribution in [0.1, 0.15) is 27.2 Å². The van der Waals surface area contributed by atoms with E-state index in [-0.39, 0.29) is 6.04 Å². The highest BCUT2D eigenvalue weighted by atomic mass is 16.6. The highest BCUT2D eigenvalue weighted by Crippen LogP contribution is 2.06. The molecule has 0 saturated carbocycles. The fourth-order valence-electron chi connectivity index (χ4n) is 1.76. The van der Waals surface area contributed by atoms with Crippen LogP contribution in [0.4, 0.5) is 4.79 Å². The molecule has 0 aliphatic carbocycles. The molecule has 0 aromatic carbocycles. The molecule has 1 atom stereocenters. The molecule has 120 valence electrons. The van der Waals surface area contributed by atoms with Crippen LogP contribution in [0.5, 0.6) is 0 Å². The molecule has 0 aromatic heterocycles. The second kappa shape index (κ2) is 9.93. The van der Waals surface area contributed by atoms with Crippen molar-refractivity contribution in [2.24, 2.45) is 17.2 Å². The van der Waals surface area contributed by atoms with Gasteiger partial charge in [0.05, 0.1) is 0 Å². The summed E-state index contributed by atoms with van der Waals surface area (Å²) in [6.45, 7) is 9.45. The Hall–Kier alpha value is -0.890. The van der Waals surface area contributed by atoms with Crippen LogP contribution in [0.25, 0.3) is 0 Å². The number of hydrogen-bond acceptors (Lipinski definition) is 6. The van der Waals surface area contributed by atoms with Crippen LogP contribution in [-0.2, 0) is 4.74 Å². The molecule has 7 N–H and O–H groups in total. The molecule has 0 radical (unpaired) electrons. The molecule has 7 heteroatoms. The molecule has 0 unspecified atom stereocenters. The molecule has 0 aliphatic rings. The molecule has 0 rings (SSSR count). The minimum absolute atomic E-state index is 0.0250. The third kappa shape index (κ3) is 11.0. The Kier molecular flexibility index (Phi) is 9.49. The molecule has 0 aliphatic heterocycles. The number of nitrogens with zero attached hydrogens (tertiary/aromatic N) is 1. The van der Waals surface area contributed by atoms with Crippen molar-refractivity contribution in [3.05, 3.63) is 0 Å². The highest BCUT2D eigenvalue weighted by Gasteiger charge is 2.16. The van der Waals surface area contributed by atoms with Crippen LogP contribution < -0.4 is 22.5 Å². The maximum absolute atomic E-state index is 11.4. The van der Waals surface area contributed by atoms with Gasteiger partial charge in [-0.15, -0.1) is 0 Å². The van der Waals surface area contributed by atoms with Crippen molar-refractivity contribution in [2.75, 3.05) is 39.3 Å². The fourth-order valence-corrected chi connectivity index (χ4v) is 1.76. The second-order valence-corrected chi connectivity index (χ2v) is 5.86. The molecular weight excluding hydrogens is 258 g/mol. The Labute approximate surface area is 122 Å². The first-order valence-corrected chi connectivity index (χ1v) is 7.13. The Morgan fingerprint density at radius 2 is 1.80 bits per heavy atom. The molecule has 1 amide bonds. The molecule has 0 heterocycles. The molecule has 7 nitrogen and oxygen atoms in total. The van der Waals surface area contributed by atoms with E-state index in [9.17, 15) is 4.79 Å². The van der Waals surface area contributed by atoms with E-state index in [1.54, 1.807) is 0 Å². The van der Waals surface area contributed by atoms with Gasteiger partial charge in [-0.1, -0.05) is 0 Å². The van der Waals surface area contributed by atoms with Crippen LogP contribution in [-0.4, -0.2) is 61.9 Å². The number of alkyl carbamates (subject to hydrolysis) is 1. The van der Waals surface area contributed by atoms with Crippen molar-refractivity contribution >= 4 is 6.09 Å². The molecule has 0 spiro atoms. The zero-order chi connectivity index (χ0) is 15.6. The van der Waals surface area contributed by atoms with Gasteiger partial charge in [-0.05, 0) is 27.2 Å². The Bertz CT molecular complexity index is 262. The number of ether oxygens (including phenoxy) is 1. The molecular formula is C13H31N5O2. The number of hydrogen-bond donors (Lipinski definition) is 4. The standard InChI is InChI=1S/C13H31N5O2/c1-13(2,3)20-12(19)17-7-4-11(16)10-18(8-5-14)9-6-15/h11H,4-10,14-16H2,1-3H3,(H,17,19)/t11-/m0/s1. The summed E-state index contributed by atoms with van der Waals surface area (Å²) in [7, 11) is 0. The van der Waals surface area contributed by atoms with Gasteiger partial charge in [-0.2, -0.15) is 0 Å². The van der Waals surface area contributed by atoms with Gasteiger partial charge in [0.2, 0.25) is 0 Å². The van der Waals surface area contributed by atoms with Gasteiger partial charge in [0.1, 0.15) is 5.60 Å². The van der Waals surface area contributed by atoms with Crippen LogP contribution in [0.3, 0.4) is 0 Å². The predicted octanol–water partition coefficient (Wildman–Crippen LogP) is -0.552. The van der Waals surface area contributed by atoms with Crippen molar-refractivity contribution in [3.8, 4) is 0 Å². The number of nitrogens with one attached hydrogen (secondary N) is 1. The number of amides is 1. The first kappa shape index (κ1) is 19.1. The lowest BCUT2D eigenvalue weighted by Crippen LogP contribution is -2.43. The highest BCUT2D eigenvalue weighted by molar-refractivity contribution is 5.67. The summed E-state index contributed by atoms with van der Waals surface area (Å²) in [5, 5.41) is 2.70. The quantitative estimate of drug-likeness (QED) is 0.452. The Balaban J connectivity index is 3.86. The van der Waals surface area contributed by atoms with Gasteiger partial charge >= 0.3 is 6.09 Å². The topological polar surface area (TPSA) is 120 Å². The van der Waals surface area contributed by atoms with E-state index in [4.69, 9.17) is 21.9 Å². The minimum Gasteiger partial charge on any atom is -0.444 e. The predicted molar refractivity (Wildman–Crippen MR) is 81.4 cm³/mol. The normalized spacial score (nSPS) is 13.3. The average molecular weight is 289 g/mol. The number of rotatable bonds is 9. The monoisotopic (exact) mass is 289 g/mol. The van der Waals surface area contributed by atoms with Crippen molar-refractivity contribution < 1.29 is 9.53 Å². The van der Waals surface area contributed by atoms with Crippen LogP contribution in [0, 0.1) is 0 Å². The summed E-state index contributed by atoms with van der Waals surface area (Å²) in [6.07, 6.45) is 0.274. The lowest BCUT2D eigenvalue weighted by Gasteiger charge is -2.25. The number of carbonyl (C=O) groups excluding carboxylic acids is 1. The van der Waals surface area contributed by atoms with E-state index in [1.165, 1.54) is 0 Å². The maximum atomic E-state index is 11.4. The van der Waals surface area contributed by atoms with Gasteiger partial charge in [0.15, 0.2) is 0 Å². The van der Waals surface area contributed by atoms with E-state index in [1.807, 2.05) is 20.8 Å². The van der Waals surface area contributed by atoms with Crippen LogP contribution in [0.15, 0.2) is 0 Å². The fraction of sp³-hybridized carbons (Fsp3) is 0.923. The summed E-state index contributed by atoms with van der Waals surface area (Å²) in [6, 6.07) is -0.0250. The molecule has 20 heavy (non-hydrogen) atoms. The third-order valence-corrected chi connectivity index (χ3v) is 2.57. The van der Waals surface area contributed by atoms with Gasteiger partial charge in [-0.25, -0.2) is 4.79 Å². The van der Waals surface area contributed by atoms with E-state index < -0.39 is 11.7 Å². The third-order valence-electron chi connectivity index (χ3n) is 2.57.